The van der Waals surface area contributed by atoms with Crippen molar-refractivity contribution in [2.75, 3.05) is 25.0 Å². The van der Waals surface area contributed by atoms with Crippen molar-refractivity contribution in [3.05, 3.63) is 30.5 Å². The number of anilines is 1. The molecular formula is C16H20N4O. The first-order valence-corrected chi connectivity index (χ1v) is 7.46. The van der Waals surface area contributed by atoms with Crippen molar-refractivity contribution in [2.24, 2.45) is 5.92 Å². The first kappa shape index (κ1) is 13.8. The Morgan fingerprint density at radius 1 is 1.33 bits per heavy atom. The number of fused-ring (bicyclic) bond motifs is 1. The average molecular weight is 284 g/mol. The van der Waals surface area contributed by atoms with Gasteiger partial charge in [-0.1, -0.05) is 19.1 Å². The molecule has 1 N–H and O–H groups in total. The first-order valence-electron chi connectivity index (χ1n) is 7.46. The maximum Gasteiger partial charge on any atom is 0.222 e. The van der Waals surface area contributed by atoms with Crippen LogP contribution in [0.1, 0.15) is 19.8 Å². The van der Waals surface area contributed by atoms with Crippen molar-refractivity contribution in [1.29, 1.82) is 0 Å². The minimum absolute atomic E-state index is 0.285. The Balaban J connectivity index is 1.56. The molecule has 0 radical (unpaired) electrons. The normalized spacial score (nSPS) is 16.4. The third-order valence-corrected chi connectivity index (χ3v) is 3.78. The molecule has 1 unspecified atom stereocenters. The van der Waals surface area contributed by atoms with E-state index in [1.807, 2.05) is 29.2 Å². The van der Waals surface area contributed by atoms with E-state index in [2.05, 4.69) is 22.2 Å². The van der Waals surface area contributed by atoms with Crippen LogP contribution in [0.4, 0.5) is 5.82 Å². The summed E-state index contributed by atoms with van der Waals surface area (Å²) < 4.78 is 0. The van der Waals surface area contributed by atoms with Gasteiger partial charge in [-0.25, -0.2) is 4.98 Å². The molecule has 5 nitrogen and oxygen atoms in total. The summed E-state index contributed by atoms with van der Waals surface area (Å²) in [6, 6.07) is 7.83. The second kappa shape index (κ2) is 6.08. The van der Waals surface area contributed by atoms with Crippen LogP contribution in [0.25, 0.3) is 11.0 Å². The summed E-state index contributed by atoms with van der Waals surface area (Å²) in [5.41, 5.74) is 1.80. The second-order valence-electron chi connectivity index (χ2n) is 5.67. The highest BCUT2D eigenvalue weighted by molar-refractivity contribution is 5.78. The van der Waals surface area contributed by atoms with E-state index >= 15 is 0 Å². The van der Waals surface area contributed by atoms with Gasteiger partial charge in [0.15, 0.2) is 0 Å². The quantitative estimate of drug-likeness (QED) is 0.915. The van der Waals surface area contributed by atoms with Gasteiger partial charge in [-0.05, 0) is 24.5 Å². The molecule has 2 aromatic rings. The fourth-order valence-corrected chi connectivity index (χ4v) is 2.66. The van der Waals surface area contributed by atoms with Crippen LogP contribution in [-0.4, -0.2) is 40.4 Å². The van der Waals surface area contributed by atoms with Crippen LogP contribution >= 0.6 is 0 Å². The highest BCUT2D eigenvalue weighted by Crippen LogP contribution is 2.14. The van der Waals surface area contributed by atoms with Crippen molar-refractivity contribution in [1.82, 2.24) is 14.9 Å². The lowest BCUT2D eigenvalue weighted by molar-refractivity contribution is -0.128. The molecule has 1 atom stereocenters. The number of amides is 1. The Kier molecular flexibility index (Phi) is 3.99. The van der Waals surface area contributed by atoms with Gasteiger partial charge >= 0.3 is 0 Å². The molecule has 2 heterocycles. The molecule has 5 heteroatoms. The second-order valence-corrected chi connectivity index (χ2v) is 5.67. The fraction of sp³-hybridized carbons (Fsp3) is 0.438. The molecule has 1 amide bonds. The van der Waals surface area contributed by atoms with Gasteiger partial charge in [-0.2, -0.15) is 0 Å². The predicted molar refractivity (Wildman–Crippen MR) is 83.0 cm³/mol. The number of benzene rings is 1. The lowest BCUT2D eigenvalue weighted by atomic mass is 10.1. The van der Waals surface area contributed by atoms with E-state index in [1.54, 1.807) is 6.20 Å². The molecule has 0 saturated carbocycles. The highest BCUT2D eigenvalue weighted by atomic mass is 16.2. The van der Waals surface area contributed by atoms with Crippen molar-refractivity contribution < 1.29 is 4.79 Å². The van der Waals surface area contributed by atoms with Gasteiger partial charge in [0, 0.05) is 26.1 Å². The number of rotatable bonds is 5. The Morgan fingerprint density at radius 2 is 2.14 bits per heavy atom. The van der Waals surface area contributed by atoms with Gasteiger partial charge in [0.25, 0.3) is 0 Å². The van der Waals surface area contributed by atoms with Gasteiger partial charge < -0.3 is 10.2 Å². The molecule has 1 aliphatic heterocycles. The average Bonchev–Trinajstić information content (AvgIpc) is 2.90. The number of hydrogen-bond acceptors (Lipinski definition) is 4. The summed E-state index contributed by atoms with van der Waals surface area (Å²) in [7, 11) is 0. The minimum Gasteiger partial charge on any atom is -0.368 e. The number of carbonyl (C=O) groups is 1. The summed E-state index contributed by atoms with van der Waals surface area (Å²) in [4.78, 5) is 22.5. The molecule has 1 aromatic carbocycles. The maximum atomic E-state index is 11.6. The number of para-hydroxylation sites is 2. The van der Waals surface area contributed by atoms with Gasteiger partial charge in [-0.3, -0.25) is 9.78 Å². The van der Waals surface area contributed by atoms with E-state index in [0.717, 1.165) is 42.9 Å². The van der Waals surface area contributed by atoms with Crippen LogP contribution in [0.15, 0.2) is 30.5 Å². The molecule has 1 saturated heterocycles. The fourth-order valence-electron chi connectivity index (χ4n) is 2.66. The number of nitrogens with one attached hydrogen (secondary N) is 1. The number of likely N-dealkylation sites (tertiary alicyclic amines) is 1. The third kappa shape index (κ3) is 3.29. The van der Waals surface area contributed by atoms with E-state index in [-0.39, 0.29) is 5.91 Å². The number of nitrogens with zero attached hydrogens (tertiary/aromatic N) is 3. The van der Waals surface area contributed by atoms with E-state index < -0.39 is 0 Å². The Morgan fingerprint density at radius 3 is 2.90 bits per heavy atom. The van der Waals surface area contributed by atoms with E-state index in [0.29, 0.717) is 12.3 Å². The first-order chi connectivity index (χ1) is 10.2. The van der Waals surface area contributed by atoms with Crippen molar-refractivity contribution in [3.63, 3.8) is 0 Å². The number of carbonyl (C=O) groups excluding carboxylic acids is 1. The molecule has 1 aromatic heterocycles. The molecule has 110 valence electrons. The molecule has 0 spiro atoms. The van der Waals surface area contributed by atoms with Crippen LogP contribution in [0.3, 0.4) is 0 Å². The zero-order valence-electron chi connectivity index (χ0n) is 12.2. The summed E-state index contributed by atoms with van der Waals surface area (Å²) in [6.45, 7) is 4.65. The number of hydrogen-bond donors (Lipinski definition) is 1. The summed E-state index contributed by atoms with van der Waals surface area (Å²) in [5, 5.41) is 3.31. The summed E-state index contributed by atoms with van der Waals surface area (Å²) >= 11 is 0. The SMILES string of the molecule is CC(CNc1cnc2ccccc2n1)CN1CCCC1=O. The summed E-state index contributed by atoms with van der Waals surface area (Å²) in [6.07, 6.45) is 3.46. The highest BCUT2D eigenvalue weighted by Gasteiger charge is 2.21. The standard InChI is InChI=1S/C16H20N4O/c1-12(11-20-8-4-7-16(20)21)9-18-15-10-17-13-5-2-3-6-14(13)19-15/h2-3,5-6,10,12H,4,7-9,11H2,1H3,(H,18,19). The van der Waals surface area contributed by atoms with Crippen molar-refractivity contribution in [3.8, 4) is 0 Å². The van der Waals surface area contributed by atoms with Crippen LogP contribution in [0, 0.1) is 5.92 Å². The predicted octanol–water partition coefficient (Wildman–Crippen LogP) is 2.30. The molecule has 3 rings (SSSR count). The zero-order chi connectivity index (χ0) is 14.7. The topological polar surface area (TPSA) is 58.1 Å². The Bertz CT molecular complexity index is 643. The lowest BCUT2D eigenvalue weighted by Gasteiger charge is -2.21. The molecule has 1 aliphatic rings. The van der Waals surface area contributed by atoms with Crippen molar-refractivity contribution in [2.45, 2.75) is 19.8 Å². The smallest absolute Gasteiger partial charge is 0.222 e. The number of aromatic nitrogens is 2. The largest absolute Gasteiger partial charge is 0.368 e. The van der Waals surface area contributed by atoms with Crippen LogP contribution in [0.5, 0.6) is 0 Å². The van der Waals surface area contributed by atoms with Gasteiger partial charge in [-0.15, -0.1) is 0 Å². The maximum absolute atomic E-state index is 11.6. The van der Waals surface area contributed by atoms with E-state index in [4.69, 9.17) is 0 Å². The zero-order valence-corrected chi connectivity index (χ0v) is 12.2. The van der Waals surface area contributed by atoms with Crippen LogP contribution in [-0.2, 0) is 4.79 Å². The monoisotopic (exact) mass is 284 g/mol. The molecular weight excluding hydrogens is 264 g/mol. The molecule has 0 aliphatic carbocycles. The lowest BCUT2D eigenvalue weighted by Crippen LogP contribution is -2.32. The van der Waals surface area contributed by atoms with E-state index in [1.165, 1.54) is 0 Å². The Hall–Kier alpha value is -2.17. The molecule has 0 bridgehead atoms. The Labute approximate surface area is 124 Å². The molecule has 21 heavy (non-hydrogen) atoms. The summed E-state index contributed by atoms with van der Waals surface area (Å²) in [5.74, 6) is 1.46. The van der Waals surface area contributed by atoms with E-state index in [9.17, 15) is 4.79 Å². The van der Waals surface area contributed by atoms with Gasteiger partial charge in [0.2, 0.25) is 5.91 Å². The minimum atomic E-state index is 0.285. The van der Waals surface area contributed by atoms with Gasteiger partial charge in [0.1, 0.15) is 5.82 Å². The van der Waals surface area contributed by atoms with Gasteiger partial charge in [0.05, 0.1) is 17.2 Å². The molecule has 1 fully saturated rings. The van der Waals surface area contributed by atoms with Crippen LogP contribution < -0.4 is 5.32 Å². The van der Waals surface area contributed by atoms with Crippen LogP contribution in [0.2, 0.25) is 0 Å². The third-order valence-electron chi connectivity index (χ3n) is 3.78. The van der Waals surface area contributed by atoms with Crippen molar-refractivity contribution >= 4 is 22.8 Å².